The van der Waals surface area contributed by atoms with Crippen molar-refractivity contribution < 1.29 is 42.1 Å². The van der Waals surface area contributed by atoms with Crippen molar-refractivity contribution in [1.29, 1.82) is 0 Å². The van der Waals surface area contributed by atoms with Crippen LogP contribution >= 0.6 is 7.82 Å². The molecule has 1 unspecified atom stereocenters. The number of nitrogens with zero attached hydrogens (tertiary/aromatic N) is 1. The number of likely N-dealkylation sites (N-methyl/N-ethyl adjacent to an activating group) is 1. The van der Waals surface area contributed by atoms with Gasteiger partial charge in [-0.1, -0.05) is 145 Å². The lowest BCUT2D eigenvalue weighted by atomic mass is 10.1. The van der Waals surface area contributed by atoms with Crippen LogP contribution in [0.1, 0.15) is 168 Å². The van der Waals surface area contributed by atoms with Gasteiger partial charge in [0.15, 0.2) is 6.10 Å². The summed E-state index contributed by atoms with van der Waals surface area (Å²) in [7, 11) is 1.13. The Balaban J connectivity index is 4.43. The molecule has 0 aliphatic heterocycles. The molecule has 0 fully saturated rings. The van der Waals surface area contributed by atoms with Crippen LogP contribution in [-0.4, -0.2) is 70.0 Å². The Morgan fingerprint density at radius 2 is 0.983 bits per heavy atom. The van der Waals surface area contributed by atoms with Gasteiger partial charge in [0, 0.05) is 12.8 Å². The lowest BCUT2D eigenvalue weighted by Gasteiger charge is -2.28. The van der Waals surface area contributed by atoms with Crippen LogP contribution in [0.4, 0.5) is 0 Å². The Morgan fingerprint density at radius 1 is 0.552 bits per heavy atom. The zero-order valence-corrected chi connectivity index (χ0v) is 38.4. The number of phosphoric acid groups is 1. The SMILES string of the molecule is CC/C=C\C/C=C\C/C=C\C/C=C\C/C=C\CCCCCC(=O)O[C@H](COC(=O)CCCCCCCCC/C=C\CCCCCC)COP(=O)([O-])OCC[N+](C)(C)C. The number of unbranched alkanes of at least 4 members (excludes halogenated alkanes) is 14. The molecule has 0 saturated carbocycles. The van der Waals surface area contributed by atoms with Crippen molar-refractivity contribution in [2.75, 3.05) is 47.5 Å². The van der Waals surface area contributed by atoms with E-state index in [1.807, 2.05) is 21.1 Å². The predicted octanol–water partition coefficient (Wildman–Crippen LogP) is 12.4. The summed E-state index contributed by atoms with van der Waals surface area (Å²) in [5.74, 6) is -0.883. The van der Waals surface area contributed by atoms with E-state index in [1.165, 1.54) is 51.4 Å². The summed E-state index contributed by atoms with van der Waals surface area (Å²) < 4.78 is 33.9. The number of quaternary nitrogens is 1. The predicted molar refractivity (Wildman–Crippen MR) is 240 cm³/mol. The van der Waals surface area contributed by atoms with Gasteiger partial charge in [0.2, 0.25) is 0 Å². The van der Waals surface area contributed by atoms with Gasteiger partial charge in [-0.15, -0.1) is 0 Å². The Labute approximate surface area is 355 Å². The lowest BCUT2D eigenvalue weighted by molar-refractivity contribution is -0.870. The van der Waals surface area contributed by atoms with E-state index in [-0.39, 0.29) is 26.1 Å². The zero-order valence-electron chi connectivity index (χ0n) is 37.5. The molecular weight excluding hydrogens is 750 g/mol. The molecule has 0 aliphatic rings. The Bertz CT molecular complexity index is 1220. The van der Waals surface area contributed by atoms with Crippen molar-refractivity contribution in [3.8, 4) is 0 Å². The number of ether oxygens (including phenoxy) is 2. The Morgan fingerprint density at radius 3 is 1.50 bits per heavy atom. The maximum absolute atomic E-state index is 12.7. The third-order valence-corrected chi connectivity index (χ3v) is 10.2. The first kappa shape index (κ1) is 55.5. The highest BCUT2D eigenvalue weighted by Crippen LogP contribution is 2.38. The summed E-state index contributed by atoms with van der Waals surface area (Å²) in [4.78, 5) is 37.6. The smallest absolute Gasteiger partial charge is 0.306 e. The molecular formula is C48H84NO8P. The average Bonchev–Trinajstić information content (AvgIpc) is 3.17. The minimum atomic E-state index is -4.64. The summed E-state index contributed by atoms with van der Waals surface area (Å²) >= 11 is 0. The molecule has 0 aromatic heterocycles. The van der Waals surface area contributed by atoms with Crippen LogP contribution in [0, 0.1) is 0 Å². The number of allylic oxidation sites excluding steroid dienone is 12. The van der Waals surface area contributed by atoms with Crippen LogP contribution in [0.3, 0.4) is 0 Å². The van der Waals surface area contributed by atoms with E-state index in [2.05, 4.69) is 86.8 Å². The summed E-state index contributed by atoms with van der Waals surface area (Å²) in [6.07, 6.45) is 49.2. The number of rotatable bonds is 40. The topological polar surface area (TPSA) is 111 Å². The van der Waals surface area contributed by atoms with Crippen molar-refractivity contribution >= 4 is 19.8 Å². The molecule has 0 spiro atoms. The van der Waals surface area contributed by atoms with Crippen LogP contribution < -0.4 is 4.89 Å². The van der Waals surface area contributed by atoms with E-state index in [0.717, 1.165) is 83.5 Å². The van der Waals surface area contributed by atoms with Crippen molar-refractivity contribution in [1.82, 2.24) is 0 Å². The van der Waals surface area contributed by atoms with Crippen LogP contribution in [0.25, 0.3) is 0 Å². The second-order valence-corrected chi connectivity index (χ2v) is 17.4. The first-order valence-corrected chi connectivity index (χ1v) is 24.1. The number of hydrogen-bond acceptors (Lipinski definition) is 8. The zero-order chi connectivity index (χ0) is 42.8. The molecule has 0 bridgehead atoms. The number of esters is 2. The van der Waals surface area contributed by atoms with E-state index in [4.69, 9.17) is 18.5 Å². The van der Waals surface area contributed by atoms with Gasteiger partial charge in [-0.2, -0.15) is 0 Å². The standard InChI is InChI=1S/C48H84NO8P/c1-6-8-10-12-14-16-18-20-22-23-24-25-27-29-31-33-35-37-39-41-48(51)57-46(45-56-58(52,53)55-43-42-49(3,4)5)44-54-47(50)40-38-36-34-32-30-28-26-21-19-17-15-13-11-9-7-2/h8,10,14,16-17,19-20,22,24-25,29,31,46H,6-7,9,11-13,15,18,21,23,26-28,30,32-45H2,1-5H3/b10-8-,16-14-,19-17-,22-20-,25-24-,31-29-/t46-/m1/s1. The lowest BCUT2D eigenvalue weighted by Crippen LogP contribution is -2.37. The Kier molecular flexibility index (Phi) is 38.1. The van der Waals surface area contributed by atoms with Gasteiger partial charge in [-0.3, -0.25) is 14.2 Å². The maximum Gasteiger partial charge on any atom is 0.306 e. The van der Waals surface area contributed by atoms with Gasteiger partial charge in [0.05, 0.1) is 27.7 Å². The second-order valence-electron chi connectivity index (χ2n) is 16.0. The average molecular weight is 834 g/mol. The van der Waals surface area contributed by atoms with E-state index < -0.39 is 32.5 Å². The Hall–Kier alpha value is -2.55. The van der Waals surface area contributed by atoms with E-state index in [9.17, 15) is 19.0 Å². The van der Waals surface area contributed by atoms with E-state index in [1.54, 1.807) is 0 Å². The van der Waals surface area contributed by atoms with Crippen molar-refractivity contribution in [2.24, 2.45) is 0 Å². The molecule has 0 aromatic rings. The summed E-state index contributed by atoms with van der Waals surface area (Å²) in [5, 5.41) is 0. The van der Waals surface area contributed by atoms with Crippen LogP contribution in [0.15, 0.2) is 72.9 Å². The van der Waals surface area contributed by atoms with E-state index in [0.29, 0.717) is 17.4 Å². The third kappa shape index (κ3) is 43.0. The normalized spacial score (nSPS) is 14.2. The largest absolute Gasteiger partial charge is 0.756 e. The van der Waals surface area contributed by atoms with Crippen LogP contribution in [-0.2, 0) is 32.7 Å². The minimum absolute atomic E-state index is 0.0417. The molecule has 334 valence electrons. The fourth-order valence-electron chi connectivity index (χ4n) is 5.67. The molecule has 0 saturated heterocycles. The molecule has 2 atom stereocenters. The highest BCUT2D eigenvalue weighted by Gasteiger charge is 2.21. The molecule has 0 aliphatic carbocycles. The maximum atomic E-state index is 12.7. The molecule has 0 heterocycles. The van der Waals surface area contributed by atoms with Gasteiger partial charge in [-0.05, 0) is 83.5 Å². The fraction of sp³-hybridized carbons (Fsp3) is 0.708. The van der Waals surface area contributed by atoms with Gasteiger partial charge >= 0.3 is 11.9 Å². The number of phosphoric ester groups is 1. The highest BCUT2D eigenvalue weighted by atomic mass is 31.2. The molecule has 0 N–H and O–H groups in total. The molecule has 58 heavy (non-hydrogen) atoms. The molecule has 9 nitrogen and oxygen atoms in total. The summed E-state index contributed by atoms with van der Waals surface area (Å²) in [6, 6.07) is 0. The summed E-state index contributed by atoms with van der Waals surface area (Å²) in [5.41, 5.74) is 0. The van der Waals surface area contributed by atoms with Crippen LogP contribution in [0.2, 0.25) is 0 Å². The monoisotopic (exact) mass is 834 g/mol. The third-order valence-electron chi connectivity index (χ3n) is 9.21. The quantitative estimate of drug-likeness (QED) is 0.0197. The number of carbonyl (C=O) groups excluding carboxylic acids is 2. The first-order chi connectivity index (χ1) is 28.0. The van der Waals surface area contributed by atoms with Gasteiger partial charge in [-0.25, -0.2) is 0 Å². The summed E-state index contributed by atoms with van der Waals surface area (Å²) in [6.45, 7) is 4.04. The van der Waals surface area contributed by atoms with Crippen molar-refractivity contribution in [3.63, 3.8) is 0 Å². The van der Waals surface area contributed by atoms with Gasteiger partial charge < -0.3 is 27.9 Å². The fourth-order valence-corrected chi connectivity index (χ4v) is 6.40. The molecule has 0 aromatic carbocycles. The second kappa shape index (κ2) is 39.9. The number of carbonyl (C=O) groups is 2. The van der Waals surface area contributed by atoms with Crippen LogP contribution in [0.5, 0.6) is 0 Å². The molecule has 0 rings (SSSR count). The minimum Gasteiger partial charge on any atom is -0.756 e. The van der Waals surface area contributed by atoms with E-state index >= 15 is 0 Å². The van der Waals surface area contributed by atoms with Gasteiger partial charge in [0.25, 0.3) is 7.82 Å². The first-order valence-electron chi connectivity index (χ1n) is 22.6. The molecule has 0 amide bonds. The van der Waals surface area contributed by atoms with Gasteiger partial charge in [0.1, 0.15) is 19.8 Å². The molecule has 10 heteroatoms. The van der Waals surface area contributed by atoms with Crippen molar-refractivity contribution in [3.05, 3.63) is 72.9 Å². The number of hydrogen-bond donors (Lipinski definition) is 0. The molecule has 0 radical (unpaired) electrons. The van der Waals surface area contributed by atoms with Crippen molar-refractivity contribution in [2.45, 2.75) is 174 Å². The highest BCUT2D eigenvalue weighted by molar-refractivity contribution is 7.45.